The zero-order chi connectivity index (χ0) is 22.1. The zero-order valence-corrected chi connectivity index (χ0v) is 18.8. The molecule has 1 nitrogen and oxygen atoms in total. The highest BCUT2D eigenvalue weighted by Gasteiger charge is 2.16. The SMILES string of the molecule is CCCOc1ccc(-c2ccc(/C=C/CCC3=CCC(CCC)CC3)cc2)c(F)c1F. The monoisotopic (exact) mass is 424 g/mol. The molecule has 2 aromatic carbocycles. The van der Waals surface area contributed by atoms with Gasteiger partial charge in [-0.25, -0.2) is 4.39 Å². The predicted molar refractivity (Wildman–Crippen MR) is 126 cm³/mol. The second-order valence-corrected chi connectivity index (χ2v) is 8.44. The maximum absolute atomic E-state index is 14.5. The molecule has 1 aliphatic carbocycles. The summed E-state index contributed by atoms with van der Waals surface area (Å²) in [5.74, 6) is -0.926. The van der Waals surface area contributed by atoms with Gasteiger partial charge in [-0.1, -0.05) is 74.8 Å². The van der Waals surface area contributed by atoms with E-state index in [1.54, 1.807) is 11.6 Å². The summed E-state index contributed by atoms with van der Waals surface area (Å²) in [5.41, 5.74) is 3.57. The summed E-state index contributed by atoms with van der Waals surface area (Å²) < 4.78 is 34.0. The first-order valence-corrected chi connectivity index (χ1v) is 11.7. The number of ether oxygens (including phenoxy) is 1. The van der Waals surface area contributed by atoms with Gasteiger partial charge >= 0.3 is 0 Å². The van der Waals surface area contributed by atoms with Crippen LogP contribution in [-0.2, 0) is 0 Å². The Bertz CT molecular complexity index is 896. The van der Waals surface area contributed by atoms with Crippen molar-refractivity contribution in [2.75, 3.05) is 6.61 Å². The molecule has 0 radical (unpaired) electrons. The molecule has 0 aliphatic heterocycles. The highest BCUT2D eigenvalue weighted by atomic mass is 19.2. The summed E-state index contributed by atoms with van der Waals surface area (Å²) in [5, 5.41) is 0. The molecule has 0 saturated carbocycles. The molecule has 0 bridgehead atoms. The number of rotatable bonds is 10. The fourth-order valence-electron chi connectivity index (χ4n) is 4.18. The third kappa shape index (κ3) is 6.53. The van der Waals surface area contributed by atoms with Crippen molar-refractivity contribution in [1.29, 1.82) is 0 Å². The van der Waals surface area contributed by atoms with E-state index in [2.05, 4.69) is 25.2 Å². The second-order valence-electron chi connectivity index (χ2n) is 8.44. The largest absolute Gasteiger partial charge is 0.490 e. The Labute approximate surface area is 185 Å². The van der Waals surface area contributed by atoms with E-state index in [0.717, 1.165) is 30.7 Å². The van der Waals surface area contributed by atoms with Crippen molar-refractivity contribution >= 4 is 6.08 Å². The van der Waals surface area contributed by atoms with Crippen molar-refractivity contribution < 1.29 is 13.5 Å². The lowest BCUT2D eigenvalue weighted by molar-refractivity contribution is 0.295. The number of halogens is 2. The van der Waals surface area contributed by atoms with E-state index in [9.17, 15) is 8.78 Å². The van der Waals surface area contributed by atoms with Crippen molar-refractivity contribution in [2.24, 2.45) is 5.92 Å². The van der Waals surface area contributed by atoms with E-state index in [0.29, 0.717) is 12.2 Å². The molecule has 166 valence electrons. The molecule has 2 aromatic rings. The van der Waals surface area contributed by atoms with E-state index >= 15 is 0 Å². The molecule has 31 heavy (non-hydrogen) atoms. The number of benzene rings is 2. The van der Waals surface area contributed by atoms with Gasteiger partial charge in [0, 0.05) is 5.56 Å². The molecule has 0 heterocycles. The van der Waals surface area contributed by atoms with Crippen LogP contribution in [0.3, 0.4) is 0 Å². The zero-order valence-electron chi connectivity index (χ0n) is 18.8. The van der Waals surface area contributed by atoms with Crippen LogP contribution in [0.25, 0.3) is 17.2 Å². The van der Waals surface area contributed by atoms with Crippen LogP contribution < -0.4 is 4.74 Å². The molecule has 0 N–H and O–H groups in total. The smallest absolute Gasteiger partial charge is 0.201 e. The lowest BCUT2D eigenvalue weighted by atomic mass is 9.85. The van der Waals surface area contributed by atoms with Crippen LogP contribution in [0.1, 0.15) is 70.8 Å². The van der Waals surface area contributed by atoms with Gasteiger partial charge in [-0.15, -0.1) is 0 Å². The van der Waals surface area contributed by atoms with E-state index in [-0.39, 0.29) is 11.3 Å². The first-order valence-electron chi connectivity index (χ1n) is 11.7. The summed E-state index contributed by atoms with van der Waals surface area (Å²) in [6.07, 6.45) is 16.1. The maximum atomic E-state index is 14.5. The number of hydrogen-bond acceptors (Lipinski definition) is 1. The third-order valence-electron chi connectivity index (χ3n) is 5.98. The van der Waals surface area contributed by atoms with Gasteiger partial charge in [0.25, 0.3) is 0 Å². The van der Waals surface area contributed by atoms with Crippen molar-refractivity contribution in [2.45, 2.75) is 65.2 Å². The van der Waals surface area contributed by atoms with Gasteiger partial charge in [0.05, 0.1) is 6.61 Å². The molecule has 1 unspecified atom stereocenters. The van der Waals surface area contributed by atoms with Crippen LogP contribution in [0.4, 0.5) is 8.78 Å². The van der Waals surface area contributed by atoms with Crippen molar-refractivity contribution in [3.8, 4) is 16.9 Å². The van der Waals surface area contributed by atoms with Crippen molar-refractivity contribution in [3.05, 3.63) is 71.3 Å². The molecule has 0 amide bonds. The van der Waals surface area contributed by atoms with Crippen molar-refractivity contribution in [1.82, 2.24) is 0 Å². The van der Waals surface area contributed by atoms with Gasteiger partial charge in [0.15, 0.2) is 11.6 Å². The molecule has 0 aromatic heterocycles. The fraction of sp³-hybridized carbons (Fsp3) is 0.429. The van der Waals surface area contributed by atoms with Crippen molar-refractivity contribution in [3.63, 3.8) is 0 Å². The van der Waals surface area contributed by atoms with Gasteiger partial charge in [-0.3, -0.25) is 0 Å². The van der Waals surface area contributed by atoms with Gasteiger partial charge in [0.1, 0.15) is 0 Å². The predicted octanol–water partition coefficient (Wildman–Crippen LogP) is 8.74. The molecule has 1 aliphatic rings. The molecular weight excluding hydrogens is 390 g/mol. The van der Waals surface area contributed by atoms with Crippen LogP contribution in [0, 0.1) is 17.6 Å². The summed E-state index contributed by atoms with van der Waals surface area (Å²) in [4.78, 5) is 0. The number of hydrogen-bond donors (Lipinski definition) is 0. The molecule has 0 saturated heterocycles. The maximum Gasteiger partial charge on any atom is 0.201 e. The highest BCUT2D eigenvalue weighted by molar-refractivity contribution is 5.67. The Morgan fingerprint density at radius 3 is 2.48 bits per heavy atom. The summed E-state index contributed by atoms with van der Waals surface area (Å²) in [7, 11) is 0. The van der Waals surface area contributed by atoms with E-state index in [1.165, 1.54) is 38.2 Å². The van der Waals surface area contributed by atoms with E-state index in [4.69, 9.17) is 4.74 Å². The fourth-order valence-corrected chi connectivity index (χ4v) is 4.18. The van der Waals surface area contributed by atoms with Crippen LogP contribution in [0.5, 0.6) is 5.75 Å². The van der Waals surface area contributed by atoms with Gasteiger partial charge < -0.3 is 4.74 Å². The highest BCUT2D eigenvalue weighted by Crippen LogP contribution is 2.31. The normalized spacial score (nSPS) is 16.5. The Morgan fingerprint density at radius 1 is 1.00 bits per heavy atom. The Balaban J connectivity index is 1.55. The first kappa shape index (κ1) is 23.2. The van der Waals surface area contributed by atoms with Crippen LogP contribution >= 0.6 is 0 Å². The minimum absolute atomic E-state index is 0.0309. The standard InChI is InChI=1S/C28H34F2O/c1-3-7-21-10-12-22(13-11-21)8-5-6-9-23-14-16-24(17-15-23)25-18-19-26(31-20-4-2)28(30)27(25)29/h6,9,12,14-19,21H,3-5,7-8,10-11,13,20H2,1-2H3/b9-6+. The van der Waals surface area contributed by atoms with E-state index < -0.39 is 11.6 Å². The lowest BCUT2D eigenvalue weighted by Crippen LogP contribution is -2.05. The van der Waals surface area contributed by atoms with Crippen LogP contribution in [0.15, 0.2) is 54.1 Å². The summed E-state index contributed by atoms with van der Waals surface area (Å²) in [6.45, 7) is 4.56. The van der Waals surface area contributed by atoms with Crippen LogP contribution in [-0.4, -0.2) is 6.61 Å². The summed E-state index contributed by atoms with van der Waals surface area (Å²) >= 11 is 0. The molecule has 0 fully saturated rings. The quantitative estimate of drug-likeness (QED) is 0.346. The average Bonchev–Trinajstić information content (AvgIpc) is 2.79. The molecule has 3 rings (SSSR count). The molecule has 3 heteroatoms. The topological polar surface area (TPSA) is 9.23 Å². The molecule has 0 spiro atoms. The van der Waals surface area contributed by atoms with Gasteiger partial charge in [-0.2, -0.15) is 4.39 Å². The van der Waals surface area contributed by atoms with Gasteiger partial charge in [0.2, 0.25) is 5.82 Å². The Morgan fingerprint density at radius 2 is 1.81 bits per heavy atom. The third-order valence-corrected chi connectivity index (χ3v) is 5.98. The minimum Gasteiger partial charge on any atom is -0.490 e. The average molecular weight is 425 g/mol. The van der Waals surface area contributed by atoms with Crippen LogP contribution in [0.2, 0.25) is 0 Å². The van der Waals surface area contributed by atoms with Gasteiger partial charge in [-0.05, 0) is 67.7 Å². The lowest BCUT2D eigenvalue weighted by Gasteiger charge is -2.21. The molecule has 1 atom stereocenters. The molecular formula is C28H34F2O. The minimum atomic E-state index is -0.923. The first-order chi connectivity index (χ1) is 15.1. The van der Waals surface area contributed by atoms with E-state index in [1.807, 2.05) is 31.2 Å². The Kier molecular flexibility index (Phi) is 8.87. The Hall–Kier alpha value is -2.42. The number of allylic oxidation sites excluding steroid dienone is 3. The summed E-state index contributed by atoms with van der Waals surface area (Å²) in [6, 6.07) is 10.6. The second kappa shape index (κ2) is 11.8.